The average molecular weight is 454 g/mol. The van der Waals surface area contributed by atoms with E-state index in [0.717, 1.165) is 32.1 Å². The molecule has 0 bridgehead atoms. The van der Waals surface area contributed by atoms with Crippen molar-refractivity contribution in [1.29, 1.82) is 0 Å². The molecule has 0 aromatic heterocycles. The first-order valence-corrected chi connectivity index (χ1v) is 13.1. The van der Waals surface area contributed by atoms with Gasteiger partial charge in [0.25, 0.3) is 0 Å². The number of halogens is 1. The standard InChI is InChI=1S/C18H35IO3Si/c1-6-23(7-2,8-3)22-18(4,5)13-12-16-14-15(19)10-9-11-17(20)21-16/h15-16H,6-14H2,1-5H3/t15-,16-/m1/s1. The first-order valence-electron chi connectivity index (χ1n) is 9.29. The zero-order valence-electron chi connectivity index (χ0n) is 15.6. The zero-order chi connectivity index (χ0) is 17.5. The highest BCUT2D eigenvalue weighted by molar-refractivity contribution is 14.1. The number of cyclic esters (lactones) is 1. The summed E-state index contributed by atoms with van der Waals surface area (Å²) < 4.78 is 13.0. The van der Waals surface area contributed by atoms with E-state index in [0.29, 0.717) is 10.3 Å². The van der Waals surface area contributed by atoms with Gasteiger partial charge in [-0.15, -0.1) is 0 Å². The Bertz CT molecular complexity index is 361. The van der Waals surface area contributed by atoms with Crippen molar-refractivity contribution in [2.45, 2.75) is 107 Å². The molecular weight excluding hydrogens is 419 g/mol. The fourth-order valence-corrected chi connectivity index (χ4v) is 7.67. The Hall–Kier alpha value is 0.377. The van der Waals surface area contributed by atoms with E-state index in [1.165, 1.54) is 18.1 Å². The van der Waals surface area contributed by atoms with Crippen molar-refractivity contribution in [3.05, 3.63) is 0 Å². The SMILES string of the molecule is CC[Si](CC)(CC)OC(C)(C)CC[C@@H]1C[C@H](I)CCCC(=O)O1. The van der Waals surface area contributed by atoms with Gasteiger partial charge in [-0.05, 0) is 64.1 Å². The van der Waals surface area contributed by atoms with Crippen LogP contribution in [-0.4, -0.2) is 29.9 Å². The van der Waals surface area contributed by atoms with Crippen LogP contribution in [0, 0.1) is 0 Å². The van der Waals surface area contributed by atoms with Crippen molar-refractivity contribution >= 4 is 36.9 Å². The number of carbonyl (C=O) groups is 1. The van der Waals surface area contributed by atoms with Crippen LogP contribution >= 0.6 is 22.6 Å². The lowest BCUT2D eigenvalue weighted by atomic mass is 9.97. The molecule has 0 saturated carbocycles. The summed E-state index contributed by atoms with van der Waals surface area (Å²) in [6.45, 7) is 11.2. The maximum atomic E-state index is 11.8. The van der Waals surface area contributed by atoms with Gasteiger partial charge in [-0.1, -0.05) is 43.4 Å². The van der Waals surface area contributed by atoms with Gasteiger partial charge in [0, 0.05) is 10.3 Å². The van der Waals surface area contributed by atoms with Crippen LogP contribution in [-0.2, 0) is 14.0 Å². The van der Waals surface area contributed by atoms with Gasteiger partial charge in [0.2, 0.25) is 0 Å². The van der Waals surface area contributed by atoms with Gasteiger partial charge < -0.3 is 9.16 Å². The third-order valence-corrected chi connectivity index (χ3v) is 11.2. The topological polar surface area (TPSA) is 35.5 Å². The van der Waals surface area contributed by atoms with E-state index >= 15 is 0 Å². The Labute approximate surface area is 157 Å². The largest absolute Gasteiger partial charge is 0.462 e. The minimum absolute atomic E-state index is 0.0172. The summed E-state index contributed by atoms with van der Waals surface area (Å²) in [6, 6.07) is 3.53. The van der Waals surface area contributed by atoms with Gasteiger partial charge in [0.15, 0.2) is 8.32 Å². The quantitative estimate of drug-likeness (QED) is 0.200. The molecule has 1 heterocycles. The predicted molar refractivity (Wildman–Crippen MR) is 108 cm³/mol. The van der Waals surface area contributed by atoms with Gasteiger partial charge in [0.1, 0.15) is 6.10 Å². The lowest BCUT2D eigenvalue weighted by Gasteiger charge is -2.39. The van der Waals surface area contributed by atoms with Crippen molar-refractivity contribution in [2.75, 3.05) is 0 Å². The Balaban J connectivity index is 2.60. The van der Waals surface area contributed by atoms with E-state index in [1.54, 1.807) is 0 Å². The molecule has 0 unspecified atom stereocenters. The summed E-state index contributed by atoms with van der Waals surface area (Å²) in [6.07, 6.45) is 5.60. The van der Waals surface area contributed by atoms with Crippen molar-refractivity contribution in [3.8, 4) is 0 Å². The first-order chi connectivity index (χ1) is 10.8. The van der Waals surface area contributed by atoms with Crippen LogP contribution in [0.3, 0.4) is 0 Å². The molecule has 1 aliphatic heterocycles. The number of alkyl halides is 1. The molecule has 0 aromatic carbocycles. The molecule has 0 amide bonds. The maximum absolute atomic E-state index is 11.8. The molecule has 23 heavy (non-hydrogen) atoms. The zero-order valence-corrected chi connectivity index (χ0v) is 18.8. The Morgan fingerprint density at radius 2 is 1.87 bits per heavy atom. The van der Waals surface area contributed by atoms with E-state index in [-0.39, 0.29) is 17.7 Å². The fraction of sp³-hybridized carbons (Fsp3) is 0.944. The Kier molecular flexibility index (Phi) is 9.08. The van der Waals surface area contributed by atoms with Gasteiger partial charge >= 0.3 is 5.97 Å². The molecule has 1 rings (SSSR count). The van der Waals surface area contributed by atoms with Crippen LogP contribution in [0.4, 0.5) is 0 Å². The van der Waals surface area contributed by atoms with E-state index in [2.05, 4.69) is 57.2 Å². The van der Waals surface area contributed by atoms with Crippen LogP contribution in [0.2, 0.25) is 18.1 Å². The van der Waals surface area contributed by atoms with Crippen molar-refractivity contribution < 1.29 is 14.0 Å². The number of hydrogen-bond acceptors (Lipinski definition) is 3. The minimum Gasteiger partial charge on any atom is -0.462 e. The summed E-state index contributed by atoms with van der Waals surface area (Å²) in [5.74, 6) is -0.0172. The highest BCUT2D eigenvalue weighted by Crippen LogP contribution is 2.32. The molecule has 1 saturated heterocycles. The summed E-state index contributed by atoms with van der Waals surface area (Å²) in [5.41, 5.74) is -0.121. The molecule has 2 atom stereocenters. The van der Waals surface area contributed by atoms with Crippen LogP contribution in [0.25, 0.3) is 0 Å². The van der Waals surface area contributed by atoms with Gasteiger partial charge in [0.05, 0.1) is 5.60 Å². The summed E-state index contributed by atoms with van der Waals surface area (Å²) in [4.78, 5) is 11.8. The number of carbonyl (C=O) groups excluding carboxylic acids is 1. The highest BCUT2D eigenvalue weighted by atomic mass is 127. The monoisotopic (exact) mass is 454 g/mol. The molecule has 1 fully saturated rings. The first kappa shape index (κ1) is 21.4. The number of ether oxygens (including phenoxy) is 1. The van der Waals surface area contributed by atoms with Crippen LogP contribution < -0.4 is 0 Å². The highest BCUT2D eigenvalue weighted by Gasteiger charge is 2.36. The van der Waals surface area contributed by atoms with E-state index in [4.69, 9.17) is 9.16 Å². The van der Waals surface area contributed by atoms with E-state index < -0.39 is 8.32 Å². The molecule has 0 spiro atoms. The Morgan fingerprint density at radius 1 is 1.26 bits per heavy atom. The third kappa shape index (κ3) is 7.42. The average Bonchev–Trinajstić information content (AvgIpc) is 2.49. The molecule has 136 valence electrons. The smallest absolute Gasteiger partial charge is 0.306 e. The lowest BCUT2D eigenvalue weighted by Crippen LogP contribution is -2.44. The van der Waals surface area contributed by atoms with Crippen molar-refractivity contribution in [3.63, 3.8) is 0 Å². The maximum Gasteiger partial charge on any atom is 0.306 e. The Morgan fingerprint density at radius 3 is 2.43 bits per heavy atom. The molecule has 0 radical (unpaired) electrons. The second-order valence-electron chi connectivity index (χ2n) is 7.48. The second-order valence-corrected chi connectivity index (χ2v) is 13.9. The lowest BCUT2D eigenvalue weighted by molar-refractivity contribution is -0.151. The minimum atomic E-state index is -1.59. The van der Waals surface area contributed by atoms with Crippen molar-refractivity contribution in [1.82, 2.24) is 0 Å². The number of rotatable bonds is 8. The van der Waals surface area contributed by atoms with Crippen LogP contribution in [0.1, 0.15) is 73.1 Å². The molecule has 0 N–H and O–H groups in total. The molecular formula is C18H35IO3Si. The normalized spacial score (nSPS) is 24.0. The van der Waals surface area contributed by atoms with Crippen molar-refractivity contribution in [2.24, 2.45) is 0 Å². The molecule has 3 nitrogen and oxygen atoms in total. The predicted octanol–water partition coefficient (Wildman–Crippen LogP) is 5.86. The fourth-order valence-electron chi connectivity index (χ4n) is 3.45. The van der Waals surface area contributed by atoms with Gasteiger partial charge in [-0.25, -0.2) is 0 Å². The van der Waals surface area contributed by atoms with Gasteiger partial charge in [-0.2, -0.15) is 0 Å². The summed E-state index contributed by atoms with van der Waals surface area (Å²) in [5, 5.41) is 0. The second kappa shape index (κ2) is 9.75. The molecule has 0 aromatic rings. The summed E-state index contributed by atoms with van der Waals surface area (Å²) >= 11 is 2.51. The summed E-state index contributed by atoms with van der Waals surface area (Å²) in [7, 11) is -1.59. The van der Waals surface area contributed by atoms with E-state index in [9.17, 15) is 4.79 Å². The number of esters is 1. The molecule has 5 heteroatoms. The molecule has 0 aliphatic carbocycles. The third-order valence-electron chi connectivity index (χ3n) is 5.21. The van der Waals surface area contributed by atoms with E-state index in [1.807, 2.05) is 0 Å². The van der Waals surface area contributed by atoms with Crippen LogP contribution in [0.15, 0.2) is 0 Å². The molecule has 1 aliphatic rings. The van der Waals surface area contributed by atoms with Gasteiger partial charge in [-0.3, -0.25) is 4.79 Å². The van der Waals surface area contributed by atoms with Crippen LogP contribution in [0.5, 0.6) is 0 Å². The number of hydrogen-bond donors (Lipinski definition) is 0.